The summed E-state index contributed by atoms with van der Waals surface area (Å²) in [4.78, 5) is 18.1. The van der Waals surface area contributed by atoms with E-state index < -0.39 is 0 Å². The second-order valence-corrected chi connectivity index (χ2v) is 9.37. The van der Waals surface area contributed by atoms with Crippen molar-refractivity contribution in [2.75, 3.05) is 0 Å². The minimum absolute atomic E-state index is 0.100. The SMILES string of the molecule is O=c1c2c3n(c(SCc4ccc(Cl)cc4Cl)nc-2nn1-c1ccccc1)CCCCC3. The predicted molar refractivity (Wildman–Crippen MR) is 126 cm³/mol. The third kappa shape index (κ3) is 4.00. The Labute approximate surface area is 194 Å². The summed E-state index contributed by atoms with van der Waals surface area (Å²) in [6, 6.07) is 15.1. The van der Waals surface area contributed by atoms with Gasteiger partial charge < -0.3 is 4.57 Å². The average molecular weight is 471 g/mol. The third-order valence-corrected chi connectivity index (χ3v) is 7.15. The van der Waals surface area contributed by atoms with E-state index in [1.165, 1.54) is 4.68 Å². The Balaban J connectivity index is 1.61. The van der Waals surface area contributed by atoms with E-state index in [1.807, 2.05) is 42.5 Å². The number of aromatic nitrogens is 4. The molecule has 0 radical (unpaired) electrons. The van der Waals surface area contributed by atoms with Crippen molar-refractivity contribution < 1.29 is 0 Å². The zero-order valence-electron chi connectivity index (χ0n) is 16.7. The molecule has 0 amide bonds. The van der Waals surface area contributed by atoms with E-state index in [1.54, 1.807) is 17.8 Å². The Hall–Kier alpha value is -2.28. The number of halogens is 2. The first-order valence-corrected chi connectivity index (χ1v) is 12.0. The van der Waals surface area contributed by atoms with Crippen molar-refractivity contribution in [2.24, 2.45) is 0 Å². The zero-order chi connectivity index (χ0) is 21.4. The summed E-state index contributed by atoms with van der Waals surface area (Å²) in [7, 11) is 0. The standard InChI is InChI=1S/C23H20Cl2N4OS/c24-16-11-10-15(18(25)13-16)14-31-23-26-21-20(19-9-5-2-6-12-28(19)23)22(30)29(27-21)17-7-3-1-4-8-17/h1,3-4,7-8,10-11,13H,2,5-6,9,12,14H2. The molecule has 0 aromatic heterocycles. The van der Waals surface area contributed by atoms with E-state index in [-0.39, 0.29) is 5.56 Å². The molecule has 2 aromatic rings. The molecule has 3 aliphatic rings. The lowest BCUT2D eigenvalue weighted by Gasteiger charge is -2.17. The molecule has 3 heterocycles. The van der Waals surface area contributed by atoms with Crippen molar-refractivity contribution in [1.82, 2.24) is 19.3 Å². The molecule has 0 bridgehead atoms. The van der Waals surface area contributed by atoms with Crippen molar-refractivity contribution in [2.45, 2.75) is 43.1 Å². The summed E-state index contributed by atoms with van der Waals surface area (Å²) in [5, 5.41) is 6.72. The molecule has 0 atom stereocenters. The van der Waals surface area contributed by atoms with Crippen molar-refractivity contribution in [3.63, 3.8) is 0 Å². The van der Waals surface area contributed by atoms with Crippen LogP contribution in [0.15, 0.2) is 58.5 Å². The first kappa shape index (κ1) is 20.6. The zero-order valence-corrected chi connectivity index (χ0v) is 19.1. The Morgan fingerprint density at radius 3 is 2.68 bits per heavy atom. The quantitative estimate of drug-likeness (QED) is 0.276. The number of hydrogen-bond donors (Lipinski definition) is 0. The number of rotatable bonds is 4. The fraction of sp³-hybridized carbons (Fsp3) is 0.261. The monoisotopic (exact) mass is 470 g/mol. The molecular weight excluding hydrogens is 451 g/mol. The number of para-hydroxylation sites is 1. The third-order valence-electron chi connectivity index (χ3n) is 5.54. The highest BCUT2D eigenvalue weighted by Crippen LogP contribution is 2.33. The molecule has 31 heavy (non-hydrogen) atoms. The number of fused-ring (bicyclic) bond motifs is 3. The molecule has 158 valence electrons. The molecule has 0 spiro atoms. The van der Waals surface area contributed by atoms with Crippen LogP contribution >= 0.6 is 35.0 Å². The molecule has 0 fully saturated rings. The normalized spacial score (nSPS) is 13.9. The van der Waals surface area contributed by atoms with Crippen molar-refractivity contribution in [1.29, 1.82) is 0 Å². The van der Waals surface area contributed by atoms with Gasteiger partial charge in [0.05, 0.1) is 5.69 Å². The molecule has 8 heteroatoms. The van der Waals surface area contributed by atoms with Gasteiger partial charge in [0.1, 0.15) is 5.56 Å². The largest absolute Gasteiger partial charge is 0.324 e. The van der Waals surface area contributed by atoms with Gasteiger partial charge in [0, 0.05) is 28.0 Å². The first-order valence-electron chi connectivity index (χ1n) is 10.3. The second kappa shape index (κ2) is 8.69. The molecule has 5 rings (SSSR count). The maximum absolute atomic E-state index is 13.3. The summed E-state index contributed by atoms with van der Waals surface area (Å²) < 4.78 is 3.68. The van der Waals surface area contributed by atoms with E-state index in [4.69, 9.17) is 28.2 Å². The van der Waals surface area contributed by atoms with Gasteiger partial charge in [0.15, 0.2) is 11.0 Å². The van der Waals surface area contributed by atoms with Crippen LogP contribution in [0.2, 0.25) is 10.0 Å². The molecule has 5 nitrogen and oxygen atoms in total. The summed E-state index contributed by atoms with van der Waals surface area (Å²) in [5.41, 5.74) is 3.33. The van der Waals surface area contributed by atoms with Gasteiger partial charge in [0.25, 0.3) is 5.56 Å². The minimum Gasteiger partial charge on any atom is -0.324 e. The van der Waals surface area contributed by atoms with Crippen LogP contribution in [0.3, 0.4) is 0 Å². The highest BCUT2D eigenvalue weighted by molar-refractivity contribution is 7.98. The Kier molecular flexibility index (Phi) is 5.78. The van der Waals surface area contributed by atoms with Crippen molar-refractivity contribution in [3.8, 4) is 17.1 Å². The molecule has 0 saturated heterocycles. The minimum atomic E-state index is -0.100. The molecule has 0 aliphatic carbocycles. The number of thioether (sulfide) groups is 1. The van der Waals surface area contributed by atoms with Gasteiger partial charge in [-0.2, -0.15) is 4.68 Å². The number of nitrogens with zero attached hydrogens (tertiary/aromatic N) is 4. The van der Waals surface area contributed by atoms with Crippen LogP contribution < -0.4 is 5.56 Å². The van der Waals surface area contributed by atoms with Gasteiger partial charge in [-0.05, 0) is 49.1 Å². The van der Waals surface area contributed by atoms with E-state index in [9.17, 15) is 4.79 Å². The van der Waals surface area contributed by atoms with Crippen LogP contribution in [0.1, 0.15) is 30.5 Å². The predicted octanol–water partition coefficient (Wildman–Crippen LogP) is 5.86. The number of benzene rings is 2. The van der Waals surface area contributed by atoms with Crippen LogP contribution in [0.25, 0.3) is 17.1 Å². The Morgan fingerprint density at radius 2 is 1.87 bits per heavy atom. The molecular formula is C23H20Cl2N4OS. The van der Waals surface area contributed by atoms with E-state index in [2.05, 4.69) is 9.67 Å². The molecule has 2 aromatic carbocycles. The van der Waals surface area contributed by atoms with Gasteiger partial charge in [-0.15, -0.1) is 5.10 Å². The lowest BCUT2D eigenvalue weighted by Crippen LogP contribution is -2.19. The van der Waals surface area contributed by atoms with E-state index in [0.29, 0.717) is 27.2 Å². The maximum atomic E-state index is 13.3. The summed E-state index contributed by atoms with van der Waals surface area (Å²) >= 11 is 14.0. The molecule has 0 unspecified atom stereocenters. The van der Waals surface area contributed by atoms with Gasteiger partial charge in [-0.3, -0.25) is 4.79 Å². The van der Waals surface area contributed by atoms with Crippen LogP contribution in [0.4, 0.5) is 0 Å². The molecule has 0 saturated carbocycles. The van der Waals surface area contributed by atoms with Crippen LogP contribution in [-0.2, 0) is 18.7 Å². The second-order valence-electron chi connectivity index (χ2n) is 7.58. The van der Waals surface area contributed by atoms with Gasteiger partial charge in [-0.1, -0.05) is 65.7 Å². The topological polar surface area (TPSA) is 52.7 Å². The van der Waals surface area contributed by atoms with Crippen molar-refractivity contribution in [3.05, 3.63) is 80.2 Å². The maximum Gasteiger partial charge on any atom is 0.284 e. The lowest BCUT2D eigenvalue weighted by atomic mass is 10.1. The molecule has 0 N–H and O–H groups in total. The Bertz CT molecular complexity index is 1270. The summed E-state index contributed by atoms with van der Waals surface area (Å²) in [6.07, 6.45) is 4.12. The van der Waals surface area contributed by atoms with Gasteiger partial charge >= 0.3 is 0 Å². The van der Waals surface area contributed by atoms with E-state index in [0.717, 1.165) is 54.3 Å². The van der Waals surface area contributed by atoms with Crippen LogP contribution in [0, 0.1) is 0 Å². The average Bonchev–Trinajstić information content (AvgIpc) is 2.94. The summed E-state index contributed by atoms with van der Waals surface area (Å²) in [6.45, 7) is 0.852. The van der Waals surface area contributed by atoms with Crippen LogP contribution in [0.5, 0.6) is 0 Å². The fourth-order valence-corrected chi connectivity index (χ4v) is 5.59. The summed E-state index contributed by atoms with van der Waals surface area (Å²) in [5.74, 6) is 1.17. The van der Waals surface area contributed by atoms with Gasteiger partial charge in [-0.25, -0.2) is 4.98 Å². The first-order chi connectivity index (χ1) is 15.1. The number of hydrogen-bond acceptors (Lipinski definition) is 4. The smallest absolute Gasteiger partial charge is 0.284 e. The highest BCUT2D eigenvalue weighted by atomic mass is 35.5. The van der Waals surface area contributed by atoms with E-state index >= 15 is 0 Å². The van der Waals surface area contributed by atoms with Crippen molar-refractivity contribution >= 4 is 35.0 Å². The van der Waals surface area contributed by atoms with Gasteiger partial charge in [0.2, 0.25) is 0 Å². The highest BCUT2D eigenvalue weighted by Gasteiger charge is 2.27. The molecule has 3 aliphatic heterocycles. The lowest BCUT2D eigenvalue weighted by molar-refractivity contribution is 0.571. The fourth-order valence-electron chi connectivity index (χ4n) is 3.99. The van der Waals surface area contributed by atoms with Crippen LogP contribution in [-0.4, -0.2) is 19.3 Å². The Morgan fingerprint density at radius 1 is 1.03 bits per heavy atom.